The van der Waals surface area contributed by atoms with Crippen LogP contribution in [-0.4, -0.2) is 18.6 Å². The quantitative estimate of drug-likeness (QED) is 0.387. The summed E-state index contributed by atoms with van der Waals surface area (Å²) in [6.07, 6.45) is 4.38. The van der Waals surface area contributed by atoms with E-state index >= 15 is 0 Å². The van der Waals surface area contributed by atoms with Gasteiger partial charge in [0, 0.05) is 11.6 Å². The SMILES string of the molecule is C=C(C)C(=O)OCC(N)CCCCC. The summed E-state index contributed by atoms with van der Waals surface area (Å²) in [5, 5.41) is 0. The Balaban J connectivity index is 3.48. The van der Waals surface area contributed by atoms with Crippen LogP contribution in [0.3, 0.4) is 0 Å². The fourth-order valence-corrected chi connectivity index (χ4v) is 1.05. The molecule has 1 unspecified atom stereocenters. The predicted molar refractivity (Wildman–Crippen MR) is 57.9 cm³/mol. The zero-order chi connectivity index (χ0) is 11.0. The monoisotopic (exact) mass is 199 g/mol. The van der Waals surface area contributed by atoms with Crippen LogP contribution in [0.5, 0.6) is 0 Å². The standard InChI is InChI=1S/C11H21NO2/c1-4-5-6-7-10(12)8-14-11(13)9(2)3/h10H,2,4-8,12H2,1,3H3. The van der Waals surface area contributed by atoms with Gasteiger partial charge in [-0.3, -0.25) is 0 Å². The minimum absolute atomic E-state index is 0.0372. The molecule has 14 heavy (non-hydrogen) atoms. The van der Waals surface area contributed by atoms with Crippen LogP contribution in [0, 0.1) is 0 Å². The van der Waals surface area contributed by atoms with E-state index in [-0.39, 0.29) is 12.0 Å². The van der Waals surface area contributed by atoms with E-state index in [0.717, 1.165) is 12.8 Å². The summed E-state index contributed by atoms with van der Waals surface area (Å²) >= 11 is 0. The molecule has 0 spiro atoms. The largest absolute Gasteiger partial charge is 0.461 e. The maximum absolute atomic E-state index is 11.0. The number of carbonyl (C=O) groups is 1. The molecule has 0 aliphatic rings. The van der Waals surface area contributed by atoms with Crippen molar-refractivity contribution in [1.82, 2.24) is 0 Å². The van der Waals surface area contributed by atoms with Gasteiger partial charge in [0.15, 0.2) is 0 Å². The Kier molecular flexibility index (Phi) is 7.11. The molecule has 0 aromatic carbocycles. The van der Waals surface area contributed by atoms with E-state index in [2.05, 4.69) is 13.5 Å². The summed E-state index contributed by atoms with van der Waals surface area (Å²) in [5.74, 6) is -0.351. The Labute approximate surface area is 86.3 Å². The Morgan fingerprint density at radius 2 is 2.14 bits per heavy atom. The van der Waals surface area contributed by atoms with Crippen molar-refractivity contribution < 1.29 is 9.53 Å². The van der Waals surface area contributed by atoms with E-state index in [9.17, 15) is 4.79 Å². The summed E-state index contributed by atoms with van der Waals surface area (Å²) in [6, 6.07) is -0.0372. The average Bonchev–Trinajstić information content (AvgIpc) is 2.14. The lowest BCUT2D eigenvalue weighted by atomic mass is 10.1. The fraction of sp³-hybridized carbons (Fsp3) is 0.727. The third-order valence-corrected chi connectivity index (χ3v) is 1.96. The number of esters is 1. The highest BCUT2D eigenvalue weighted by Gasteiger charge is 2.07. The van der Waals surface area contributed by atoms with Crippen LogP contribution >= 0.6 is 0 Å². The number of carbonyl (C=O) groups excluding carboxylic acids is 1. The second kappa shape index (κ2) is 7.56. The Morgan fingerprint density at radius 3 is 2.64 bits per heavy atom. The van der Waals surface area contributed by atoms with Crippen LogP contribution in [0.1, 0.15) is 39.5 Å². The highest BCUT2D eigenvalue weighted by molar-refractivity contribution is 5.86. The van der Waals surface area contributed by atoms with Crippen molar-refractivity contribution in [2.75, 3.05) is 6.61 Å². The molecule has 0 amide bonds. The van der Waals surface area contributed by atoms with Gasteiger partial charge in [0.05, 0.1) is 0 Å². The smallest absolute Gasteiger partial charge is 0.333 e. The Morgan fingerprint density at radius 1 is 1.50 bits per heavy atom. The first-order valence-electron chi connectivity index (χ1n) is 5.16. The first-order valence-corrected chi connectivity index (χ1v) is 5.16. The number of hydrogen-bond acceptors (Lipinski definition) is 3. The Hall–Kier alpha value is -0.830. The molecule has 82 valence electrons. The molecule has 0 saturated heterocycles. The lowest BCUT2D eigenvalue weighted by Crippen LogP contribution is -2.27. The van der Waals surface area contributed by atoms with Gasteiger partial charge < -0.3 is 10.5 Å². The molecule has 2 N–H and O–H groups in total. The molecule has 0 rings (SSSR count). The normalized spacial score (nSPS) is 12.2. The number of ether oxygens (including phenoxy) is 1. The van der Waals surface area contributed by atoms with Crippen molar-refractivity contribution in [1.29, 1.82) is 0 Å². The number of rotatable bonds is 7. The van der Waals surface area contributed by atoms with Crippen LogP contribution in [0.4, 0.5) is 0 Å². The summed E-state index contributed by atoms with van der Waals surface area (Å²) in [7, 11) is 0. The molecular weight excluding hydrogens is 178 g/mol. The van der Waals surface area contributed by atoms with Gasteiger partial charge in [0.1, 0.15) is 6.61 Å². The average molecular weight is 199 g/mol. The number of hydrogen-bond donors (Lipinski definition) is 1. The fourth-order valence-electron chi connectivity index (χ4n) is 1.05. The topological polar surface area (TPSA) is 52.3 Å². The summed E-state index contributed by atoms with van der Waals surface area (Å²) in [5.41, 5.74) is 6.18. The van der Waals surface area contributed by atoms with E-state index in [0.29, 0.717) is 12.2 Å². The van der Waals surface area contributed by atoms with E-state index in [1.54, 1.807) is 6.92 Å². The van der Waals surface area contributed by atoms with Gasteiger partial charge in [-0.1, -0.05) is 32.8 Å². The molecule has 3 nitrogen and oxygen atoms in total. The van der Waals surface area contributed by atoms with Gasteiger partial charge >= 0.3 is 5.97 Å². The Bertz CT molecular complexity index is 190. The molecule has 3 heteroatoms. The van der Waals surface area contributed by atoms with Crippen molar-refractivity contribution in [2.24, 2.45) is 5.73 Å². The molecule has 0 radical (unpaired) electrons. The van der Waals surface area contributed by atoms with Gasteiger partial charge in [0.2, 0.25) is 0 Å². The highest BCUT2D eigenvalue weighted by Crippen LogP contribution is 2.02. The molecule has 0 aromatic rings. The molecule has 1 atom stereocenters. The van der Waals surface area contributed by atoms with E-state index in [1.807, 2.05) is 0 Å². The molecule has 0 aliphatic carbocycles. The number of unbranched alkanes of at least 4 members (excludes halogenated alkanes) is 2. The summed E-state index contributed by atoms with van der Waals surface area (Å²) < 4.78 is 4.93. The first-order chi connectivity index (χ1) is 6.57. The van der Waals surface area contributed by atoms with Crippen molar-refractivity contribution in [3.05, 3.63) is 12.2 Å². The van der Waals surface area contributed by atoms with E-state index in [1.165, 1.54) is 12.8 Å². The summed E-state index contributed by atoms with van der Waals surface area (Å²) in [6.45, 7) is 7.57. The van der Waals surface area contributed by atoms with Crippen molar-refractivity contribution >= 4 is 5.97 Å². The molecule has 0 heterocycles. The predicted octanol–water partition coefficient (Wildman–Crippen LogP) is 2.01. The molecular formula is C11H21NO2. The highest BCUT2D eigenvalue weighted by atomic mass is 16.5. The van der Waals surface area contributed by atoms with Crippen LogP contribution < -0.4 is 5.73 Å². The van der Waals surface area contributed by atoms with Gasteiger partial charge in [-0.05, 0) is 13.3 Å². The molecule has 0 aliphatic heterocycles. The van der Waals surface area contributed by atoms with Gasteiger partial charge in [-0.2, -0.15) is 0 Å². The molecule has 0 saturated carbocycles. The first kappa shape index (κ1) is 13.2. The molecule has 0 aromatic heterocycles. The second-order valence-electron chi connectivity index (χ2n) is 3.63. The lowest BCUT2D eigenvalue weighted by Gasteiger charge is -2.11. The number of nitrogens with two attached hydrogens (primary N) is 1. The van der Waals surface area contributed by atoms with Crippen LogP contribution in [0.2, 0.25) is 0 Å². The van der Waals surface area contributed by atoms with Crippen molar-refractivity contribution in [3.8, 4) is 0 Å². The minimum atomic E-state index is -0.351. The van der Waals surface area contributed by atoms with Crippen LogP contribution in [-0.2, 0) is 9.53 Å². The van der Waals surface area contributed by atoms with Gasteiger partial charge in [0.25, 0.3) is 0 Å². The lowest BCUT2D eigenvalue weighted by molar-refractivity contribution is -0.139. The zero-order valence-corrected chi connectivity index (χ0v) is 9.21. The van der Waals surface area contributed by atoms with Crippen LogP contribution in [0.15, 0.2) is 12.2 Å². The summed E-state index contributed by atoms with van der Waals surface area (Å²) in [4.78, 5) is 11.0. The minimum Gasteiger partial charge on any atom is -0.461 e. The van der Waals surface area contributed by atoms with Crippen molar-refractivity contribution in [2.45, 2.75) is 45.6 Å². The van der Waals surface area contributed by atoms with Crippen LogP contribution in [0.25, 0.3) is 0 Å². The third kappa shape index (κ3) is 6.66. The maximum Gasteiger partial charge on any atom is 0.333 e. The van der Waals surface area contributed by atoms with Gasteiger partial charge in [-0.25, -0.2) is 4.79 Å². The molecule has 0 bridgehead atoms. The van der Waals surface area contributed by atoms with E-state index < -0.39 is 0 Å². The third-order valence-electron chi connectivity index (χ3n) is 1.96. The van der Waals surface area contributed by atoms with Crippen molar-refractivity contribution in [3.63, 3.8) is 0 Å². The van der Waals surface area contributed by atoms with Gasteiger partial charge in [-0.15, -0.1) is 0 Å². The van der Waals surface area contributed by atoms with E-state index in [4.69, 9.17) is 10.5 Å². The zero-order valence-electron chi connectivity index (χ0n) is 9.21. The molecule has 0 fully saturated rings. The second-order valence-corrected chi connectivity index (χ2v) is 3.63. The maximum atomic E-state index is 11.0.